The molecule has 5 nitrogen and oxygen atoms in total. The molecule has 1 fully saturated rings. The molecule has 0 radical (unpaired) electrons. The Morgan fingerprint density at radius 1 is 1.14 bits per heavy atom. The number of pyridine rings is 1. The lowest BCUT2D eigenvalue weighted by atomic mass is 10.0. The molecule has 3 heterocycles. The summed E-state index contributed by atoms with van der Waals surface area (Å²) in [6, 6.07) is 14.7. The number of hydrogen-bond donors (Lipinski definition) is 1. The number of aromatic nitrogens is 2. The van der Waals surface area contributed by atoms with E-state index in [1.807, 2.05) is 18.3 Å². The molecule has 1 aliphatic heterocycles. The third-order valence-corrected chi connectivity index (χ3v) is 5.51. The summed E-state index contributed by atoms with van der Waals surface area (Å²) >= 11 is 0. The van der Waals surface area contributed by atoms with E-state index in [4.69, 9.17) is 0 Å². The average molecular weight is 377 g/mol. The molecule has 28 heavy (non-hydrogen) atoms. The number of hydrogen-bond acceptors (Lipinski definition) is 3. The number of benzene rings is 1. The molecule has 1 amide bonds. The Labute approximate surface area is 166 Å². The highest BCUT2D eigenvalue weighted by atomic mass is 16.1. The first-order chi connectivity index (χ1) is 13.7. The number of likely N-dealkylation sites (tertiary alicyclic amines) is 1. The molecular formula is C23H28N4O. The molecule has 3 aromatic rings. The zero-order chi connectivity index (χ0) is 19.3. The second kappa shape index (κ2) is 8.57. The first-order valence-electron chi connectivity index (χ1n) is 10.3. The van der Waals surface area contributed by atoms with E-state index in [-0.39, 0.29) is 11.9 Å². The van der Waals surface area contributed by atoms with Gasteiger partial charge in [-0.05, 0) is 37.0 Å². The second-order valence-electron chi connectivity index (χ2n) is 7.62. The van der Waals surface area contributed by atoms with Crippen LogP contribution in [0.25, 0.3) is 11.0 Å². The number of aryl methyl sites for hydroxylation is 1. The highest BCUT2D eigenvalue weighted by molar-refractivity contribution is 6.06. The Morgan fingerprint density at radius 3 is 2.68 bits per heavy atom. The van der Waals surface area contributed by atoms with Gasteiger partial charge in [-0.3, -0.25) is 9.69 Å². The number of amides is 1. The van der Waals surface area contributed by atoms with E-state index in [2.05, 4.69) is 57.0 Å². The van der Waals surface area contributed by atoms with E-state index < -0.39 is 0 Å². The Hall–Kier alpha value is -2.66. The summed E-state index contributed by atoms with van der Waals surface area (Å²) < 4.78 is 2.09. The Balaban J connectivity index is 1.38. The zero-order valence-corrected chi connectivity index (χ0v) is 16.5. The van der Waals surface area contributed by atoms with Crippen molar-refractivity contribution in [2.75, 3.05) is 13.1 Å². The van der Waals surface area contributed by atoms with E-state index in [1.165, 1.54) is 5.56 Å². The van der Waals surface area contributed by atoms with E-state index in [0.717, 1.165) is 62.0 Å². The summed E-state index contributed by atoms with van der Waals surface area (Å²) in [5, 5.41) is 4.20. The van der Waals surface area contributed by atoms with Gasteiger partial charge in [0, 0.05) is 50.0 Å². The van der Waals surface area contributed by atoms with Gasteiger partial charge in [-0.2, -0.15) is 0 Å². The second-order valence-corrected chi connectivity index (χ2v) is 7.62. The number of fused-ring (bicyclic) bond motifs is 1. The predicted molar refractivity (Wildman–Crippen MR) is 112 cm³/mol. The minimum Gasteiger partial charge on any atom is -0.349 e. The van der Waals surface area contributed by atoms with Crippen molar-refractivity contribution in [3.8, 4) is 0 Å². The average Bonchev–Trinajstić information content (AvgIpc) is 3.09. The normalized spacial score (nSPS) is 15.8. The maximum Gasteiger partial charge on any atom is 0.253 e. The van der Waals surface area contributed by atoms with Crippen molar-refractivity contribution < 1.29 is 4.79 Å². The minimum absolute atomic E-state index is 0.0226. The van der Waals surface area contributed by atoms with Crippen molar-refractivity contribution in [3.63, 3.8) is 0 Å². The van der Waals surface area contributed by atoms with Gasteiger partial charge < -0.3 is 9.88 Å². The largest absolute Gasteiger partial charge is 0.349 e. The summed E-state index contributed by atoms with van der Waals surface area (Å²) in [7, 11) is 0. The summed E-state index contributed by atoms with van der Waals surface area (Å²) in [6.45, 7) is 6.02. The van der Waals surface area contributed by atoms with Crippen LogP contribution in [0.3, 0.4) is 0 Å². The van der Waals surface area contributed by atoms with Crippen LogP contribution in [-0.4, -0.2) is 39.5 Å². The zero-order valence-electron chi connectivity index (χ0n) is 16.5. The molecule has 1 aliphatic rings. The molecule has 0 unspecified atom stereocenters. The molecule has 146 valence electrons. The van der Waals surface area contributed by atoms with Crippen molar-refractivity contribution in [1.29, 1.82) is 0 Å². The van der Waals surface area contributed by atoms with Crippen LogP contribution >= 0.6 is 0 Å². The molecule has 0 spiro atoms. The summed E-state index contributed by atoms with van der Waals surface area (Å²) in [6.07, 6.45) is 6.75. The molecule has 0 atom stereocenters. The Bertz CT molecular complexity index is 926. The van der Waals surface area contributed by atoms with Crippen LogP contribution in [0.5, 0.6) is 0 Å². The molecule has 0 aliphatic carbocycles. The molecule has 2 aromatic heterocycles. The number of piperidine rings is 1. The third-order valence-electron chi connectivity index (χ3n) is 5.51. The van der Waals surface area contributed by atoms with E-state index in [9.17, 15) is 4.79 Å². The number of nitrogens with one attached hydrogen (secondary N) is 1. The van der Waals surface area contributed by atoms with Crippen LogP contribution in [0.1, 0.15) is 42.1 Å². The van der Waals surface area contributed by atoms with Crippen molar-refractivity contribution in [1.82, 2.24) is 19.8 Å². The van der Waals surface area contributed by atoms with Gasteiger partial charge in [0.1, 0.15) is 5.65 Å². The van der Waals surface area contributed by atoms with Gasteiger partial charge in [0.2, 0.25) is 0 Å². The molecule has 1 aromatic carbocycles. The van der Waals surface area contributed by atoms with Gasteiger partial charge in [0.15, 0.2) is 0 Å². The number of rotatable bonds is 6. The van der Waals surface area contributed by atoms with Crippen molar-refractivity contribution >= 4 is 16.9 Å². The minimum atomic E-state index is 0.0226. The Morgan fingerprint density at radius 2 is 1.93 bits per heavy atom. The van der Waals surface area contributed by atoms with Crippen LogP contribution in [0.4, 0.5) is 0 Å². The number of nitrogens with zero attached hydrogens (tertiary/aromatic N) is 3. The standard InChI is InChI=1S/C23H28N4O/c1-2-13-27-17-21(20-9-6-12-24-22(20)27)23(28)25-19-10-14-26(15-11-19)16-18-7-4-3-5-8-18/h3-9,12,17,19H,2,10-11,13-16H2,1H3,(H,25,28). The van der Waals surface area contributed by atoms with Crippen molar-refractivity contribution in [3.05, 3.63) is 66.0 Å². The van der Waals surface area contributed by atoms with Crippen LogP contribution in [0.2, 0.25) is 0 Å². The summed E-state index contributed by atoms with van der Waals surface area (Å²) in [4.78, 5) is 19.9. The lowest BCUT2D eigenvalue weighted by Crippen LogP contribution is -2.44. The molecule has 1 saturated heterocycles. The third kappa shape index (κ3) is 4.09. The van der Waals surface area contributed by atoms with Crippen molar-refractivity contribution in [2.45, 2.75) is 45.3 Å². The van der Waals surface area contributed by atoms with Crippen LogP contribution in [0.15, 0.2) is 54.9 Å². The van der Waals surface area contributed by atoms with Gasteiger partial charge >= 0.3 is 0 Å². The van der Waals surface area contributed by atoms with Gasteiger partial charge in [-0.1, -0.05) is 37.3 Å². The van der Waals surface area contributed by atoms with Crippen LogP contribution < -0.4 is 5.32 Å². The lowest BCUT2D eigenvalue weighted by Gasteiger charge is -2.32. The summed E-state index contributed by atoms with van der Waals surface area (Å²) in [5.74, 6) is 0.0226. The fourth-order valence-corrected chi connectivity index (χ4v) is 4.06. The van der Waals surface area contributed by atoms with Gasteiger partial charge in [0.25, 0.3) is 5.91 Å². The topological polar surface area (TPSA) is 50.2 Å². The van der Waals surface area contributed by atoms with Gasteiger partial charge in [0.05, 0.1) is 5.56 Å². The lowest BCUT2D eigenvalue weighted by molar-refractivity contribution is 0.0910. The monoisotopic (exact) mass is 376 g/mol. The van der Waals surface area contributed by atoms with Crippen LogP contribution in [-0.2, 0) is 13.1 Å². The first-order valence-corrected chi connectivity index (χ1v) is 10.3. The molecule has 1 N–H and O–H groups in total. The van der Waals surface area contributed by atoms with E-state index >= 15 is 0 Å². The maximum absolute atomic E-state index is 13.0. The van der Waals surface area contributed by atoms with Crippen molar-refractivity contribution in [2.24, 2.45) is 0 Å². The van der Waals surface area contributed by atoms with Gasteiger partial charge in [-0.15, -0.1) is 0 Å². The Kier molecular flexibility index (Phi) is 5.72. The first kappa shape index (κ1) is 18.7. The quantitative estimate of drug-likeness (QED) is 0.711. The molecule has 0 bridgehead atoms. The molecule has 0 saturated carbocycles. The smallest absolute Gasteiger partial charge is 0.253 e. The highest BCUT2D eigenvalue weighted by Gasteiger charge is 2.23. The van der Waals surface area contributed by atoms with Crippen LogP contribution in [0, 0.1) is 0 Å². The maximum atomic E-state index is 13.0. The number of carbonyl (C=O) groups excluding carboxylic acids is 1. The fourth-order valence-electron chi connectivity index (χ4n) is 4.06. The van der Waals surface area contributed by atoms with E-state index in [1.54, 1.807) is 6.20 Å². The molecular weight excluding hydrogens is 348 g/mol. The summed E-state index contributed by atoms with van der Waals surface area (Å²) in [5.41, 5.74) is 2.98. The van der Waals surface area contributed by atoms with E-state index in [0.29, 0.717) is 0 Å². The fraction of sp³-hybridized carbons (Fsp3) is 0.391. The number of carbonyl (C=O) groups is 1. The molecule has 4 rings (SSSR count). The van der Waals surface area contributed by atoms with Gasteiger partial charge in [-0.25, -0.2) is 4.98 Å². The SMILES string of the molecule is CCCn1cc(C(=O)NC2CCN(Cc3ccccc3)CC2)c2cccnc21. The predicted octanol–water partition coefficient (Wildman–Crippen LogP) is 3.84. The molecule has 5 heteroatoms. The highest BCUT2D eigenvalue weighted by Crippen LogP contribution is 2.21.